The molecule has 1 aromatic rings. The number of anilines is 1. The lowest BCUT2D eigenvalue weighted by molar-refractivity contribution is -0.134. The summed E-state index contributed by atoms with van der Waals surface area (Å²) >= 11 is 6.01. The highest BCUT2D eigenvalue weighted by Gasteiger charge is 2.21. The van der Waals surface area contributed by atoms with E-state index in [1.54, 1.807) is 11.8 Å². The number of hydrogen-bond donors (Lipinski definition) is 2. The van der Waals surface area contributed by atoms with Gasteiger partial charge in [-0.15, -0.1) is 0 Å². The fourth-order valence-electron chi connectivity index (χ4n) is 2.56. The maximum absolute atomic E-state index is 12.2. The Hall–Kier alpha value is -2.28. The first kappa shape index (κ1) is 19.1. The zero-order valence-electron chi connectivity index (χ0n) is 14.3. The van der Waals surface area contributed by atoms with Gasteiger partial charge in [0.1, 0.15) is 0 Å². The maximum atomic E-state index is 12.2. The van der Waals surface area contributed by atoms with Crippen LogP contribution in [0, 0.1) is 0 Å². The second-order valence-electron chi connectivity index (χ2n) is 5.80. The first-order chi connectivity index (χ1) is 12.0. The van der Waals surface area contributed by atoms with Gasteiger partial charge in [0.25, 0.3) is 0 Å². The molecule has 0 radical (unpaired) electrons. The van der Waals surface area contributed by atoms with Gasteiger partial charge in [-0.25, -0.2) is 0 Å². The van der Waals surface area contributed by atoms with E-state index in [4.69, 9.17) is 11.6 Å². The number of benzene rings is 1. The van der Waals surface area contributed by atoms with Gasteiger partial charge >= 0.3 is 0 Å². The molecule has 8 heteroatoms. The molecule has 2 N–H and O–H groups in total. The third-order valence-electron chi connectivity index (χ3n) is 4.03. The maximum Gasteiger partial charge on any atom is 0.238 e. The molecule has 0 aromatic heterocycles. The number of piperazine rings is 1. The summed E-state index contributed by atoms with van der Waals surface area (Å²) in [4.78, 5) is 38.8. The van der Waals surface area contributed by atoms with Crippen molar-refractivity contribution < 1.29 is 14.4 Å². The van der Waals surface area contributed by atoms with Crippen LogP contribution in [-0.4, -0.2) is 48.8 Å². The van der Waals surface area contributed by atoms with E-state index in [1.165, 1.54) is 0 Å². The van der Waals surface area contributed by atoms with Crippen molar-refractivity contribution in [2.24, 2.45) is 0 Å². The zero-order chi connectivity index (χ0) is 18.2. The summed E-state index contributed by atoms with van der Waals surface area (Å²) in [7, 11) is 0. The van der Waals surface area contributed by atoms with Crippen molar-refractivity contribution in [3.63, 3.8) is 0 Å². The summed E-state index contributed by atoms with van der Waals surface area (Å²) in [5.41, 5.74) is 5.63. The van der Waals surface area contributed by atoms with Gasteiger partial charge < -0.3 is 9.80 Å². The normalized spacial score (nSPS) is 14.2. The van der Waals surface area contributed by atoms with Crippen LogP contribution in [0.5, 0.6) is 0 Å². The van der Waals surface area contributed by atoms with Crippen LogP contribution in [-0.2, 0) is 14.4 Å². The highest BCUT2D eigenvalue weighted by atomic mass is 35.5. The van der Waals surface area contributed by atoms with Crippen molar-refractivity contribution in [2.45, 2.75) is 26.2 Å². The number of nitrogens with one attached hydrogen (secondary N) is 2. The molecule has 1 aliphatic heterocycles. The SMILES string of the molecule is CCC(=O)NNC(=O)CCC(=O)N1CCN(c2cccc(Cl)c2)CC1. The number of nitrogens with zero attached hydrogens (tertiary/aromatic N) is 2. The third kappa shape index (κ3) is 5.94. The van der Waals surface area contributed by atoms with E-state index in [2.05, 4.69) is 15.8 Å². The van der Waals surface area contributed by atoms with Crippen LogP contribution in [0.15, 0.2) is 24.3 Å². The smallest absolute Gasteiger partial charge is 0.238 e. The molecule has 1 heterocycles. The lowest BCUT2D eigenvalue weighted by Gasteiger charge is -2.36. The third-order valence-corrected chi connectivity index (χ3v) is 4.27. The molecule has 3 amide bonds. The molecule has 2 rings (SSSR count). The summed E-state index contributed by atoms with van der Waals surface area (Å²) in [6.45, 7) is 4.36. The lowest BCUT2D eigenvalue weighted by atomic mass is 10.2. The van der Waals surface area contributed by atoms with Gasteiger partial charge in [0.05, 0.1) is 0 Å². The van der Waals surface area contributed by atoms with Crippen LogP contribution >= 0.6 is 11.6 Å². The van der Waals surface area contributed by atoms with Crippen molar-refractivity contribution in [3.8, 4) is 0 Å². The Bertz CT molecular complexity index is 630. The topological polar surface area (TPSA) is 81.8 Å². The molecule has 25 heavy (non-hydrogen) atoms. The van der Waals surface area contributed by atoms with Gasteiger partial charge in [-0.2, -0.15) is 0 Å². The Morgan fingerprint density at radius 2 is 1.72 bits per heavy atom. The van der Waals surface area contributed by atoms with Crippen molar-refractivity contribution >= 4 is 35.0 Å². The summed E-state index contributed by atoms with van der Waals surface area (Å²) in [6.07, 6.45) is 0.471. The highest BCUT2D eigenvalue weighted by molar-refractivity contribution is 6.30. The number of carbonyl (C=O) groups excluding carboxylic acids is 3. The molecule has 1 aromatic carbocycles. The van der Waals surface area contributed by atoms with Crippen molar-refractivity contribution in [1.82, 2.24) is 15.8 Å². The van der Waals surface area contributed by atoms with E-state index in [9.17, 15) is 14.4 Å². The molecular weight excluding hydrogens is 344 g/mol. The van der Waals surface area contributed by atoms with Crippen LogP contribution in [0.3, 0.4) is 0 Å². The van der Waals surface area contributed by atoms with Crippen LogP contribution in [0.25, 0.3) is 0 Å². The summed E-state index contributed by atoms with van der Waals surface area (Å²) in [6, 6.07) is 7.65. The fourth-order valence-corrected chi connectivity index (χ4v) is 2.74. The first-order valence-electron chi connectivity index (χ1n) is 8.35. The molecule has 0 unspecified atom stereocenters. The van der Waals surface area contributed by atoms with E-state index < -0.39 is 0 Å². The quantitative estimate of drug-likeness (QED) is 0.770. The largest absolute Gasteiger partial charge is 0.368 e. The second-order valence-corrected chi connectivity index (χ2v) is 6.23. The predicted octanol–water partition coefficient (Wildman–Crippen LogP) is 1.33. The monoisotopic (exact) mass is 366 g/mol. The second kappa shape index (κ2) is 9.27. The minimum atomic E-state index is -0.368. The minimum absolute atomic E-state index is 0.0529. The molecule has 0 spiro atoms. The molecule has 1 saturated heterocycles. The van der Waals surface area contributed by atoms with Gasteiger partial charge in [0, 0.05) is 56.2 Å². The number of hydrogen-bond acceptors (Lipinski definition) is 4. The van der Waals surface area contributed by atoms with Crippen molar-refractivity contribution in [2.75, 3.05) is 31.1 Å². The molecule has 0 atom stereocenters. The summed E-state index contributed by atoms with van der Waals surface area (Å²) in [5.74, 6) is -0.688. The molecule has 7 nitrogen and oxygen atoms in total. The van der Waals surface area contributed by atoms with Gasteiger partial charge in [-0.3, -0.25) is 25.2 Å². The molecule has 0 bridgehead atoms. The van der Waals surface area contributed by atoms with Crippen molar-refractivity contribution in [3.05, 3.63) is 29.3 Å². The van der Waals surface area contributed by atoms with Crippen LogP contribution in [0.1, 0.15) is 26.2 Å². The summed E-state index contributed by atoms with van der Waals surface area (Å²) in [5, 5.41) is 0.692. The Labute approximate surface area is 152 Å². The van der Waals surface area contributed by atoms with Crippen LogP contribution < -0.4 is 15.8 Å². The highest BCUT2D eigenvalue weighted by Crippen LogP contribution is 2.20. The Morgan fingerprint density at radius 1 is 1.04 bits per heavy atom. The zero-order valence-corrected chi connectivity index (χ0v) is 15.0. The molecule has 0 aliphatic carbocycles. The first-order valence-corrected chi connectivity index (χ1v) is 8.73. The average molecular weight is 367 g/mol. The lowest BCUT2D eigenvalue weighted by Crippen LogP contribution is -2.49. The van der Waals surface area contributed by atoms with Crippen LogP contribution in [0.2, 0.25) is 5.02 Å². The Balaban J connectivity index is 1.72. The Morgan fingerprint density at radius 3 is 2.36 bits per heavy atom. The number of carbonyl (C=O) groups is 3. The number of amides is 3. The van der Waals surface area contributed by atoms with Gasteiger partial charge in [0.2, 0.25) is 17.7 Å². The molecule has 1 aliphatic rings. The van der Waals surface area contributed by atoms with E-state index in [1.807, 2.05) is 24.3 Å². The average Bonchev–Trinajstić information content (AvgIpc) is 2.64. The molecule has 1 fully saturated rings. The van der Waals surface area contributed by atoms with E-state index in [-0.39, 0.29) is 37.0 Å². The number of halogens is 1. The number of rotatable bonds is 5. The van der Waals surface area contributed by atoms with Crippen LogP contribution in [0.4, 0.5) is 5.69 Å². The molecular formula is C17H23ClN4O3. The fraction of sp³-hybridized carbons (Fsp3) is 0.471. The van der Waals surface area contributed by atoms with Gasteiger partial charge in [-0.1, -0.05) is 24.6 Å². The van der Waals surface area contributed by atoms with E-state index in [0.29, 0.717) is 18.1 Å². The molecule has 0 saturated carbocycles. The minimum Gasteiger partial charge on any atom is -0.368 e. The Kier molecular flexibility index (Phi) is 7.06. The summed E-state index contributed by atoms with van der Waals surface area (Å²) < 4.78 is 0. The van der Waals surface area contributed by atoms with E-state index in [0.717, 1.165) is 18.8 Å². The van der Waals surface area contributed by atoms with Gasteiger partial charge in [0.15, 0.2) is 0 Å². The van der Waals surface area contributed by atoms with Gasteiger partial charge in [-0.05, 0) is 18.2 Å². The standard InChI is InChI=1S/C17H23ClN4O3/c1-2-15(23)19-20-16(24)6-7-17(25)22-10-8-21(9-11-22)14-5-3-4-13(18)12-14/h3-5,12H,2,6-11H2,1H3,(H,19,23)(H,20,24). The molecule has 136 valence electrons. The predicted molar refractivity (Wildman–Crippen MR) is 96.1 cm³/mol. The van der Waals surface area contributed by atoms with E-state index >= 15 is 0 Å². The number of hydrazine groups is 1. The van der Waals surface area contributed by atoms with Crippen molar-refractivity contribution in [1.29, 1.82) is 0 Å².